The first kappa shape index (κ1) is 14.1. The first-order valence-corrected chi connectivity index (χ1v) is 7.62. The average Bonchev–Trinajstić information content (AvgIpc) is 2.97. The third kappa shape index (κ3) is 2.95. The van der Waals surface area contributed by atoms with Gasteiger partial charge < -0.3 is 4.90 Å². The van der Waals surface area contributed by atoms with E-state index < -0.39 is 0 Å². The number of nitrogens with one attached hydrogen (secondary N) is 1. The number of likely N-dealkylation sites (tertiary alicyclic amines) is 1. The monoisotopic (exact) mass is 303 g/mol. The number of piperidine rings is 1. The van der Waals surface area contributed by atoms with Crippen LogP contribution in [0.5, 0.6) is 0 Å². The number of aromatic amines is 1. The second-order valence-electron chi connectivity index (χ2n) is 5.62. The lowest BCUT2D eigenvalue weighted by Gasteiger charge is -2.29. The van der Waals surface area contributed by atoms with E-state index in [4.69, 9.17) is 11.6 Å². The second kappa shape index (κ2) is 5.90. The minimum absolute atomic E-state index is 0.0210. The van der Waals surface area contributed by atoms with Crippen LogP contribution in [0.3, 0.4) is 0 Å². The van der Waals surface area contributed by atoms with Crippen molar-refractivity contribution in [3.63, 3.8) is 0 Å². The average molecular weight is 304 g/mol. The molecule has 0 radical (unpaired) electrons. The molecule has 1 aliphatic rings. The smallest absolute Gasteiger partial charge is 0.271 e. The van der Waals surface area contributed by atoms with Crippen molar-refractivity contribution in [3.05, 3.63) is 41.0 Å². The molecule has 1 N–H and O–H groups in total. The summed E-state index contributed by atoms with van der Waals surface area (Å²) in [5.74, 6) is 0.724. The van der Waals surface area contributed by atoms with Gasteiger partial charge in [0.2, 0.25) is 0 Å². The highest BCUT2D eigenvalue weighted by molar-refractivity contribution is 6.33. The molecule has 0 atom stereocenters. The fraction of sp³-hybridized carbons (Fsp3) is 0.375. The molecule has 2 heterocycles. The van der Waals surface area contributed by atoms with E-state index in [1.165, 1.54) is 0 Å². The number of rotatable bonds is 2. The molecule has 1 aromatic heterocycles. The minimum atomic E-state index is 0.0210. The van der Waals surface area contributed by atoms with Crippen molar-refractivity contribution in [1.29, 1.82) is 0 Å². The van der Waals surface area contributed by atoms with Crippen LogP contribution in [0.2, 0.25) is 5.02 Å². The van der Waals surface area contributed by atoms with Gasteiger partial charge in [-0.3, -0.25) is 9.89 Å². The lowest BCUT2D eigenvalue weighted by molar-refractivity contribution is 0.0691. The maximum atomic E-state index is 12.5. The van der Waals surface area contributed by atoms with E-state index in [0.717, 1.165) is 31.5 Å². The van der Waals surface area contributed by atoms with Crippen molar-refractivity contribution in [3.8, 4) is 11.3 Å². The molecule has 0 aliphatic carbocycles. The highest BCUT2D eigenvalue weighted by atomic mass is 35.5. The molecule has 1 fully saturated rings. The van der Waals surface area contributed by atoms with Crippen LogP contribution >= 0.6 is 11.6 Å². The summed E-state index contributed by atoms with van der Waals surface area (Å²) in [6, 6.07) is 9.28. The molecular weight excluding hydrogens is 286 g/mol. The van der Waals surface area contributed by atoms with Gasteiger partial charge in [-0.15, -0.1) is 0 Å². The Kier molecular flexibility index (Phi) is 3.97. The van der Waals surface area contributed by atoms with Crippen LogP contribution in [0.4, 0.5) is 0 Å². The molecule has 0 saturated carbocycles. The molecule has 5 heteroatoms. The molecule has 0 bridgehead atoms. The Morgan fingerprint density at radius 1 is 1.33 bits per heavy atom. The van der Waals surface area contributed by atoms with Gasteiger partial charge >= 0.3 is 0 Å². The Hall–Kier alpha value is -1.81. The minimum Gasteiger partial charge on any atom is -0.337 e. The zero-order valence-corrected chi connectivity index (χ0v) is 12.7. The van der Waals surface area contributed by atoms with Gasteiger partial charge in [0.05, 0.1) is 10.7 Å². The van der Waals surface area contributed by atoms with Gasteiger partial charge in [-0.2, -0.15) is 5.10 Å². The molecule has 1 aliphatic heterocycles. The first-order chi connectivity index (χ1) is 10.1. The number of hydrogen-bond acceptors (Lipinski definition) is 2. The summed E-state index contributed by atoms with van der Waals surface area (Å²) in [6.07, 6.45) is 2.13. The molecule has 21 heavy (non-hydrogen) atoms. The number of carbonyl (C=O) groups is 1. The number of hydrogen-bond donors (Lipinski definition) is 1. The summed E-state index contributed by atoms with van der Waals surface area (Å²) in [4.78, 5) is 14.4. The van der Waals surface area contributed by atoms with Crippen molar-refractivity contribution in [2.24, 2.45) is 5.92 Å². The molecule has 2 aromatic rings. The van der Waals surface area contributed by atoms with E-state index in [2.05, 4.69) is 17.1 Å². The number of halogens is 1. The van der Waals surface area contributed by atoms with Gasteiger partial charge in [0, 0.05) is 18.7 Å². The summed E-state index contributed by atoms with van der Waals surface area (Å²) >= 11 is 6.16. The number of benzene rings is 1. The quantitative estimate of drug-likeness (QED) is 0.921. The van der Waals surface area contributed by atoms with E-state index in [9.17, 15) is 4.79 Å². The van der Waals surface area contributed by atoms with Gasteiger partial charge in [-0.25, -0.2) is 0 Å². The highest BCUT2D eigenvalue weighted by Gasteiger charge is 2.23. The Balaban J connectivity index is 1.79. The zero-order valence-electron chi connectivity index (χ0n) is 12.0. The molecular formula is C16H18ClN3O. The van der Waals surface area contributed by atoms with Crippen molar-refractivity contribution < 1.29 is 4.79 Å². The Morgan fingerprint density at radius 3 is 2.76 bits per heavy atom. The number of amides is 1. The van der Waals surface area contributed by atoms with Gasteiger partial charge in [-0.1, -0.05) is 36.7 Å². The molecule has 1 amide bonds. The normalized spacial score (nSPS) is 16.2. The van der Waals surface area contributed by atoms with Crippen molar-refractivity contribution in [1.82, 2.24) is 15.1 Å². The number of aromatic nitrogens is 2. The largest absolute Gasteiger partial charge is 0.337 e. The molecule has 4 nitrogen and oxygen atoms in total. The van der Waals surface area contributed by atoms with Crippen LogP contribution in [0.1, 0.15) is 30.3 Å². The lowest BCUT2D eigenvalue weighted by atomic mass is 9.99. The van der Waals surface area contributed by atoms with E-state index in [1.54, 1.807) is 6.07 Å². The summed E-state index contributed by atoms with van der Waals surface area (Å²) < 4.78 is 0. The van der Waals surface area contributed by atoms with Crippen LogP contribution in [0, 0.1) is 5.92 Å². The highest BCUT2D eigenvalue weighted by Crippen LogP contribution is 2.26. The second-order valence-corrected chi connectivity index (χ2v) is 6.03. The van der Waals surface area contributed by atoms with Crippen molar-refractivity contribution in [2.45, 2.75) is 19.8 Å². The van der Waals surface area contributed by atoms with Crippen LogP contribution in [-0.4, -0.2) is 34.1 Å². The van der Waals surface area contributed by atoms with E-state index in [1.807, 2.05) is 29.2 Å². The summed E-state index contributed by atoms with van der Waals surface area (Å²) in [7, 11) is 0. The maximum absolute atomic E-state index is 12.5. The van der Waals surface area contributed by atoms with Crippen LogP contribution in [0.15, 0.2) is 30.3 Å². The molecule has 1 saturated heterocycles. The predicted octanol–water partition coefficient (Wildman–Crippen LogP) is 3.60. The van der Waals surface area contributed by atoms with Gasteiger partial charge in [0.15, 0.2) is 0 Å². The standard InChI is InChI=1S/C16H18ClN3O/c1-11-6-8-20(9-7-11)16(21)15-10-14(18-19-15)12-4-2-3-5-13(12)17/h2-5,10-11H,6-9H2,1H3,(H,18,19). The van der Waals surface area contributed by atoms with Gasteiger partial charge in [0.25, 0.3) is 5.91 Å². The molecule has 0 unspecified atom stereocenters. The fourth-order valence-electron chi connectivity index (χ4n) is 2.62. The number of H-pyrrole nitrogens is 1. The molecule has 110 valence electrons. The Labute approximate surface area is 129 Å². The lowest BCUT2D eigenvalue weighted by Crippen LogP contribution is -2.38. The number of nitrogens with zero attached hydrogens (tertiary/aromatic N) is 2. The predicted molar refractivity (Wildman–Crippen MR) is 83.3 cm³/mol. The Bertz CT molecular complexity index is 644. The summed E-state index contributed by atoms with van der Waals surface area (Å²) in [5, 5.41) is 7.70. The van der Waals surface area contributed by atoms with Crippen LogP contribution in [0.25, 0.3) is 11.3 Å². The SMILES string of the molecule is CC1CCN(C(=O)c2cc(-c3ccccc3Cl)n[nH]2)CC1. The number of carbonyl (C=O) groups excluding carboxylic acids is 1. The third-order valence-corrected chi connectivity index (χ3v) is 4.36. The topological polar surface area (TPSA) is 49.0 Å². The fourth-order valence-corrected chi connectivity index (χ4v) is 2.85. The van der Waals surface area contributed by atoms with E-state index in [-0.39, 0.29) is 5.91 Å². The van der Waals surface area contributed by atoms with Crippen LogP contribution < -0.4 is 0 Å². The van der Waals surface area contributed by atoms with E-state index >= 15 is 0 Å². The van der Waals surface area contributed by atoms with Crippen molar-refractivity contribution >= 4 is 17.5 Å². The molecule has 3 rings (SSSR count). The van der Waals surface area contributed by atoms with Crippen molar-refractivity contribution in [2.75, 3.05) is 13.1 Å². The molecule has 1 aromatic carbocycles. The Morgan fingerprint density at radius 2 is 2.05 bits per heavy atom. The van der Waals surface area contributed by atoms with E-state index in [0.29, 0.717) is 22.3 Å². The third-order valence-electron chi connectivity index (χ3n) is 4.03. The summed E-state index contributed by atoms with van der Waals surface area (Å²) in [6.45, 7) is 3.87. The summed E-state index contributed by atoms with van der Waals surface area (Å²) in [5.41, 5.74) is 2.07. The van der Waals surface area contributed by atoms with Gasteiger partial charge in [0.1, 0.15) is 5.69 Å². The van der Waals surface area contributed by atoms with Gasteiger partial charge in [-0.05, 0) is 30.9 Å². The van der Waals surface area contributed by atoms with Crippen LogP contribution in [-0.2, 0) is 0 Å². The maximum Gasteiger partial charge on any atom is 0.271 e. The molecule has 0 spiro atoms. The first-order valence-electron chi connectivity index (χ1n) is 7.24. The zero-order chi connectivity index (χ0) is 14.8.